The monoisotopic (exact) mass is 284 g/mol. The lowest BCUT2D eigenvalue weighted by Gasteiger charge is -2.17. The van der Waals surface area contributed by atoms with Crippen LogP contribution >= 0.6 is 15.9 Å². The fraction of sp³-hybridized carbons (Fsp3) is 0.500. The lowest BCUT2D eigenvalue weighted by molar-refractivity contribution is 0.0949. The number of amides is 1. The van der Waals surface area contributed by atoms with E-state index in [0.717, 1.165) is 10.9 Å². The highest BCUT2D eigenvalue weighted by Crippen LogP contribution is 2.17. The Kier molecular flexibility index (Phi) is 4.47. The maximum atomic E-state index is 11.7. The molecule has 4 heteroatoms. The Morgan fingerprint density at radius 2 is 2.12 bits per heavy atom. The second kappa shape index (κ2) is 5.43. The highest BCUT2D eigenvalue weighted by molar-refractivity contribution is 9.10. The zero-order valence-electron chi connectivity index (χ0n) is 9.88. The first-order valence-electron chi connectivity index (χ1n) is 5.27. The number of pyridine rings is 1. The van der Waals surface area contributed by atoms with Crippen molar-refractivity contribution in [1.82, 2.24) is 10.3 Å². The zero-order valence-corrected chi connectivity index (χ0v) is 11.5. The fourth-order valence-electron chi connectivity index (χ4n) is 1.19. The Morgan fingerprint density at radius 3 is 2.69 bits per heavy atom. The molecule has 88 valence electrons. The molecule has 0 atom stereocenters. The molecule has 1 rings (SSSR count). The summed E-state index contributed by atoms with van der Waals surface area (Å²) >= 11 is 3.29. The molecule has 0 saturated carbocycles. The number of nitrogens with one attached hydrogen (secondary N) is 1. The maximum absolute atomic E-state index is 11.7. The van der Waals surface area contributed by atoms with Crippen LogP contribution in [0.15, 0.2) is 22.9 Å². The molecule has 1 N–H and O–H groups in total. The molecule has 0 aliphatic rings. The summed E-state index contributed by atoms with van der Waals surface area (Å²) in [6, 6.07) is 1.76. The van der Waals surface area contributed by atoms with Crippen molar-refractivity contribution in [2.24, 2.45) is 5.41 Å². The van der Waals surface area contributed by atoms with Gasteiger partial charge in [-0.25, -0.2) is 0 Å². The van der Waals surface area contributed by atoms with Crippen molar-refractivity contribution in [2.45, 2.75) is 27.2 Å². The predicted octanol–water partition coefficient (Wildman–Crippen LogP) is 3.01. The fourth-order valence-corrected chi connectivity index (χ4v) is 1.55. The van der Waals surface area contributed by atoms with Gasteiger partial charge in [-0.1, -0.05) is 20.8 Å². The van der Waals surface area contributed by atoms with Gasteiger partial charge < -0.3 is 5.32 Å². The molecule has 0 spiro atoms. The molecular formula is C12H17BrN2O. The van der Waals surface area contributed by atoms with Crippen LogP contribution < -0.4 is 5.32 Å². The van der Waals surface area contributed by atoms with Crippen LogP contribution in [0.3, 0.4) is 0 Å². The lowest BCUT2D eigenvalue weighted by atomic mass is 9.92. The minimum Gasteiger partial charge on any atom is -0.352 e. The van der Waals surface area contributed by atoms with Gasteiger partial charge in [0.2, 0.25) is 0 Å². The van der Waals surface area contributed by atoms with Gasteiger partial charge in [0.05, 0.1) is 5.56 Å². The highest BCUT2D eigenvalue weighted by atomic mass is 79.9. The van der Waals surface area contributed by atoms with Gasteiger partial charge >= 0.3 is 0 Å². The summed E-state index contributed by atoms with van der Waals surface area (Å²) in [6.45, 7) is 7.15. The summed E-state index contributed by atoms with van der Waals surface area (Å²) in [4.78, 5) is 15.7. The van der Waals surface area contributed by atoms with E-state index in [1.807, 2.05) is 0 Å². The quantitative estimate of drug-likeness (QED) is 0.927. The lowest BCUT2D eigenvalue weighted by Crippen LogP contribution is -2.27. The van der Waals surface area contributed by atoms with Crippen LogP contribution in [0.1, 0.15) is 37.6 Å². The van der Waals surface area contributed by atoms with Crippen molar-refractivity contribution < 1.29 is 4.79 Å². The van der Waals surface area contributed by atoms with Crippen molar-refractivity contribution >= 4 is 21.8 Å². The summed E-state index contributed by atoms with van der Waals surface area (Å²) in [5, 5.41) is 2.88. The summed E-state index contributed by atoms with van der Waals surface area (Å²) in [6.07, 6.45) is 4.18. The molecule has 0 radical (unpaired) electrons. The van der Waals surface area contributed by atoms with Crippen molar-refractivity contribution in [3.63, 3.8) is 0 Å². The third kappa shape index (κ3) is 4.75. The number of nitrogens with zero attached hydrogens (tertiary/aromatic N) is 1. The molecule has 0 aliphatic carbocycles. The number of rotatable bonds is 3. The SMILES string of the molecule is CC(C)(C)CCNC(=O)c1cncc(Br)c1. The van der Waals surface area contributed by atoms with E-state index in [1.54, 1.807) is 18.5 Å². The first-order valence-corrected chi connectivity index (χ1v) is 6.06. The topological polar surface area (TPSA) is 42.0 Å². The number of carbonyl (C=O) groups is 1. The standard InChI is InChI=1S/C12H17BrN2O/c1-12(2,3)4-5-15-11(16)9-6-10(13)8-14-7-9/h6-8H,4-5H2,1-3H3,(H,15,16). The first-order chi connectivity index (χ1) is 7.38. The molecule has 3 nitrogen and oxygen atoms in total. The van der Waals surface area contributed by atoms with E-state index in [0.29, 0.717) is 12.1 Å². The number of hydrogen-bond donors (Lipinski definition) is 1. The van der Waals surface area contributed by atoms with Gasteiger partial charge in [0.15, 0.2) is 0 Å². The summed E-state index contributed by atoms with van der Waals surface area (Å²) < 4.78 is 0.816. The van der Waals surface area contributed by atoms with Crippen LogP contribution in [-0.2, 0) is 0 Å². The highest BCUT2D eigenvalue weighted by Gasteiger charge is 2.11. The van der Waals surface area contributed by atoms with Crippen LogP contribution in [0.4, 0.5) is 0 Å². The maximum Gasteiger partial charge on any atom is 0.252 e. The van der Waals surface area contributed by atoms with Gasteiger partial charge in [-0.15, -0.1) is 0 Å². The molecule has 1 heterocycles. The van der Waals surface area contributed by atoms with Gasteiger partial charge in [0, 0.05) is 23.4 Å². The van der Waals surface area contributed by atoms with Gasteiger partial charge in [0.25, 0.3) is 5.91 Å². The van der Waals surface area contributed by atoms with E-state index in [4.69, 9.17) is 0 Å². The van der Waals surface area contributed by atoms with E-state index in [9.17, 15) is 4.79 Å². The van der Waals surface area contributed by atoms with Crippen LogP contribution in [0, 0.1) is 5.41 Å². The Labute approximate surface area is 105 Å². The van der Waals surface area contributed by atoms with Gasteiger partial charge in [0.1, 0.15) is 0 Å². The van der Waals surface area contributed by atoms with E-state index < -0.39 is 0 Å². The molecule has 1 aromatic heterocycles. The van der Waals surface area contributed by atoms with E-state index in [-0.39, 0.29) is 11.3 Å². The van der Waals surface area contributed by atoms with Crippen LogP contribution in [0.2, 0.25) is 0 Å². The van der Waals surface area contributed by atoms with Crippen LogP contribution in [0.5, 0.6) is 0 Å². The van der Waals surface area contributed by atoms with Crippen LogP contribution in [-0.4, -0.2) is 17.4 Å². The number of halogens is 1. The molecule has 0 unspecified atom stereocenters. The molecule has 0 aromatic carbocycles. The Hall–Kier alpha value is -0.900. The summed E-state index contributed by atoms with van der Waals surface area (Å²) in [5.74, 6) is -0.0712. The minimum absolute atomic E-state index is 0.0712. The van der Waals surface area contributed by atoms with E-state index in [2.05, 4.69) is 47.0 Å². The smallest absolute Gasteiger partial charge is 0.252 e. The first kappa shape index (κ1) is 13.2. The predicted molar refractivity (Wildman–Crippen MR) is 68.3 cm³/mol. The Balaban J connectivity index is 2.47. The van der Waals surface area contributed by atoms with E-state index >= 15 is 0 Å². The normalized spacial score (nSPS) is 11.2. The number of hydrogen-bond acceptors (Lipinski definition) is 2. The van der Waals surface area contributed by atoms with Crippen molar-refractivity contribution in [1.29, 1.82) is 0 Å². The molecule has 0 saturated heterocycles. The average Bonchev–Trinajstić information content (AvgIpc) is 2.15. The largest absolute Gasteiger partial charge is 0.352 e. The van der Waals surface area contributed by atoms with Crippen molar-refractivity contribution in [3.05, 3.63) is 28.5 Å². The minimum atomic E-state index is -0.0712. The van der Waals surface area contributed by atoms with Gasteiger partial charge in [-0.2, -0.15) is 0 Å². The van der Waals surface area contributed by atoms with Gasteiger partial charge in [-0.3, -0.25) is 9.78 Å². The third-order valence-electron chi connectivity index (χ3n) is 2.13. The van der Waals surface area contributed by atoms with Crippen molar-refractivity contribution in [2.75, 3.05) is 6.54 Å². The third-order valence-corrected chi connectivity index (χ3v) is 2.56. The molecule has 1 amide bonds. The average molecular weight is 285 g/mol. The zero-order chi connectivity index (χ0) is 12.2. The van der Waals surface area contributed by atoms with E-state index in [1.165, 1.54) is 0 Å². The molecule has 16 heavy (non-hydrogen) atoms. The molecule has 0 aliphatic heterocycles. The molecule has 0 fully saturated rings. The number of aromatic nitrogens is 1. The second-order valence-electron chi connectivity index (χ2n) is 4.96. The summed E-state index contributed by atoms with van der Waals surface area (Å²) in [7, 11) is 0. The number of carbonyl (C=O) groups excluding carboxylic acids is 1. The molecular weight excluding hydrogens is 268 g/mol. The molecule has 0 bridgehead atoms. The summed E-state index contributed by atoms with van der Waals surface area (Å²) in [5.41, 5.74) is 0.825. The molecule has 1 aromatic rings. The van der Waals surface area contributed by atoms with Gasteiger partial charge in [-0.05, 0) is 33.8 Å². The Bertz CT molecular complexity index is 372. The Morgan fingerprint density at radius 1 is 1.44 bits per heavy atom. The second-order valence-corrected chi connectivity index (χ2v) is 5.87. The van der Waals surface area contributed by atoms with Crippen LogP contribution in [0.25, 0.3) is 0 Å². The van der Waals surface area contributed by atoms with Crippen molar-refractivity contribution in [3.8, 4) is 0 Å².